The average molecular weight is 429 g/mol. The monoisotopic (exact) mass is 428 g/mol. The van der Waals surface area contributed by atoms with Crippen LogP contribution >= 0.6 is 0 Å². The highest BCUT2D eigenvalue weighted by Crippen LogP contribution is 2.53. The highest BCUT2D eigenvalue weighted by molar-refractivity contribution is 6.09. The fraction of sp³-hybridized carbons (Fsp3) is 0.423. The second kappa shape index (κ2) is 8.31. The highest BCUT2D eigenvalue weighted by atomic mass is 16.5. The first kappa shape index (κ1) is 20.6. The van der Waals surface area contributed by atoms with Crippen LogP contribution in [-0.4, -0.2) is 22.8 Å². The van der Waals surface area contributed by atoms with Crippen LogP contribution in [0.2, 0.25) is 0 Å². The molecule has 1 saturated heterocycles. The number of hydrogen-bond donors (Lipinski definition) is 2. The summed E-state index contributed by atoms with van der Waals surface area (Å²) < 4.78 is 5.94. The summed E-state index contributed by atoms with van der Waals surface area (Å²) in [5.74, 6) is 1.19. The molecule has 5 rings (SSSR count). The normalized spacial score (nSPS) is 23.7. The lowest BCUT2D eigenvalue weighted by Gasteiger charge is -2.43. The second-order valence-electron chi connectivity index (χ2n) is 9.13. The molecule has 1 amide bonds. The maximum absolute atomic E-state index is 13.3. The quantitative estimate of drug-likeness (QED) is 0.712. The van der Waals surface area contributed by atoms with Gasteiger partial charge in [-0.15, -0.1) is 0 Å². The summed E-state index contributed by atoms with van der Waals surface area (Å²) in [5.41, 5.74) is 1.81. The predicted octanol–water partition coefficient (Wildman–Crippen LogP) is 4.44. The topological polar surface area (TPSA) is 89.2 Å². The van der Waals surface area contributed by atoms with Gasteiger partial charge in [0.05, 0.1) is 11.6 Å². The van der Waals surface area contributed by atoms with Gasteiger partial charge in [-0.05, 0) is 67.0 Å². The second-order valence-corrected chi connectivity index (χ2v) is 9.13. The van der Waals surface area contributed by atoms with E-state index in [9.17, 15) is 4.79 Å². The molecule has 2 aromatic rings. The number of carbonyl (C=O) groups is 1. The Hall–Kier alpha value is -3.33. The van der Waals surface area contributed by atoms with Crippen LogP contribution < -0.4 is 10.1 Å². The van der Waals surface area contributed by atoms with Crippen LogP contribution in [0, 0.1) is 22.7 Å². The number of ether oxygens (including phenoxy) is 1. The van der Waals surface area contributed by atoms with Gasteiger partial charge in [0.2, 0.25) is 0 Å². The standard InChI is InChI=1S/C26H28N4O2/c27-16-18-6-8-19(9-7-18)17-32-23-14-12-21(13-15-23)26(20-10-11-20)24(31)29-25(28)30(26)22-4-2-1-3-5-22/h6-9,12-15,20,22H,1-5,10-11,17H2,(H2,28,29,31). The van der Waals surface area contributed by atoms with Crippen molar-refractivity contribution in [1.82, 2.24) is 10.2 Å². The molecule has 0 aromatic heterocycles. The summed E-state index contributed by atoms with van der Waals surface area (Å²) in [5, 5.41) is 20.4. The smallest absolute Gasteiger partial charge is 0.257 e. The van der Waals surface area contributed by atoms with Crippen LogP contribution in [0.5, 0.6) is 5.75 Å². The Kier molecular flexibility index (Phi) is 5.34. The van der Waals surface area contributed by atoms with Crippen molar-refractivity contribution in [3.8, 4) is 11.8 Å². The number of nitrogens with zero attached hydrogens (tertiary/aromatic N) is 2. The molecule has 2 N–H and O–H groups in total. The molecular weight excluding hydrogens is 400 g/mol. The van der Waals surface area contributed by atoms with Crippen molar-refractivity contribution in [1.29, 1.82) is 10.7 Å². The van der Waals surface area contributed by atoms with Crippen LogP contribution in [0.1, 0.15) is 61.6 Å². The van der Waals surface area contributed by atoms with E-state index < -0.39 is 5.54 Å². The zero-order chi connectivity index (χ0) is 22.1. The van der Waals surface area contributed by atoms with E-state index in [2.05, 4.69) is 16.3 Å². The largest absolute Gasteiger partial charge is 0.489 e. The molecule has 3 aliphatic rings. The molecule has 0 radical (unpaired) electrons. The first-order valence-electron chi connectivity index (χ1n) is 11.5. The van der Waals surface area contributed by atoms with E-state index in [0.29, 0.717) is 12.2 Å². The maximum atomic E-state index is 13.3. The van der Waals surface area contributed by atoms with Crippen molar-refractivity contribution in [3.63, 3.8) is 0 Å². The summed E-state index contributed by atoms with van der Waals surface area (Å²) in [6, 6.07) is 17.6. The molecule has 1 atom stereocenters. The van der Waals surface area contributed by atoms with E-state index in [-0.39, 0.29) is 23.8 Å². The zero-order valence-corrected chi connectivity index (χ0v) is 18.1. The van der Waals surface area contributed by atoms with Crippen LogP contribution in [0.15, 0.2) is 48.5 Å². The SMILES string of the molecule is N#Cc1ccc(COc2ccc(C3(C4CC4)C(=O)NC(=N)N3C3CCCCC3)cc2)cc1. The maximum Gasteiger partial charge on any atom is 0.257 e. The third-order valence-corrected chi connectivity index (χ3v) is 7.09. The van der Waals surface area contributed by atoms with Gasteiger partial charge in [0.1, 0.15) is 12.4 Å². The molecule has 164 valence electrons. The third-order valence-electron chi connectivity index (χ3n) is 7.09. The number of nitrogens with one attached hydrogen (secondary N) is 2. The van der Waals surface area contributed by atoms with Crippen LogP contribution in [0.25, 0.3) is 0 Å². The first-order valence-corrected chi connectivity index (χ1v) is 11.5. The summed E-state index contributed by atoms with van der Waals surface area (Å²) in [6.45, 7) is 0.415. The van der Waals surface area contributed by atoms with Gasteiger partial charge in [-0.1, -0.05) is 43.5 Å². The molecule has 3 fully saturated rings. The molecule has 1 heterocycles. The molecule has 1 aliphatic heterocycles. The van der Waals surface area contributed by atoms with Crippen molar-refractivity contribution in [2.75, 3.05) is 0 Å². The van der Waals surface area contributed by atoms with Gasteiger partial charge >= 0.3 is 0 Å². The molecule has 0 spiro atoms. The fourth-order valence-corrected chi connectivity index (χ4v) is 5.40. The number of rotatable bonds is 6. The van der Waals surface area contributed by atoms with Gasteiger partial charge in [0, 0.05) is 6.04 Å². The third kappa shape index (κ3) is 3.52. The molecule has 2 saturated carbocycles. The van der Waals surface area contributed by atoms with E-state index in [1.807, 2.05) is 36.4 Å². The molecule has 1 unspecified atom stereocenters. The average Bonchev–Trinajstić information content (AvgIpc) is 3.64. The van der Waals surface area contributed by atoms with Gasteiger partial charge in [0.25, 0.3) is 5.91 Å². The lowest BCUT2D eigenvalue weighted by molar-refractivity contribution is -0.129. The number of hydrogen-bond acceptors (Lipinski definition) is 4. The fourth-order valence-electron chi connectivity index (χ4n) is 5.40. The van der Waals surface area contributed by atoms with E-state index in [0.717, 1.165) is 55.4 Å². The minimum absolute atomic E-state index is 0.0539. The summed E-state index contributed by atoms with van der Waals surface area (Å²) >= 11 is 0. The lowest BCUT2D eigenvalue weighted by atomic mass is 9.80. The van der Waals surface area contributed by atoms with Gasteiger partial charge < -0.3 is 9.64 Å². The van der Waals surface area contributed by atoms with Crippen molar-refractivity contribution in [2.45, 2.75) is 63.1 Å². The Morgan fingerprint density at radius 1 is 1.03 bits per heavy atom. The molecule has 2 aliphatic carbocycles. The molecule has 2 aromatic carbocycles. The minimum Gasteiger partial charge on any atom is -0.489 e. The number of nitriles is 1. The van der Waals surface area contributed by atoms with E-state index in [1.165, 1.54) is 6.42 Å². The Morgan fingerprint density at radius 2 is 1.72 bits per heavy atom. The highest BCUT2D eigenvalue weighted by Gasteiger charge is 2.62. The van der Waals surface area contributed by atoms with Gasteiger partial charge in [-0.2, -0.15) is 5.26 Å². The number of carbonyl (C=O) groups excluding carboxylic acids is 1. The van der Waals surface area contributed by atoms with Crippen LogP contribution in [-0.2, 0) is 16.9 Å². The van der Waals surface area contributed by atoms with E-state index in [1.54, 1.807) is 12.1 Å². The predicted molar refractivity (Wildman–Crippen MR) is 121 cm³/mol. The first-order chi connectivity index (χ1) is 15.6. The Balaban J connectivity index is 1.39. The Morgan fingerprint density at radius 3 is 2.34 bits per heavy atom. The molecule has 32 heavy (non-hydrogen) atoms. The van der Waals surface area contributed by atoms with Crippen molar-refractivity contribution >= 4 is 11.9 Å². The van der Waals surface area contributed by atoms with E-state index in [4.69, 9.17) is 15.4 Å². The molecule has 0 bridgehead atoms. The summed E-state index contributed by atoms with van der Waals surface area (Å²) in [7, 11) is 0. The van der Waals surface area contributed by atoms with E-state index >= 15 is 0 Å². The van der Waals surface area contributed by atoms with Crippen molar-refractivity contribution in [3.05, 3.63) is 65.2 Å². The summed E-state index contributed by atoms with van der Waals surface area (Å²) in [6.07, 6.45) is 7.66. The van der Waals surface area contributed by atoms with Crippen molar-refractivity contribution in [2.24, 2.45) is 5.92 Å². The molecule has 6 heteroatoms. The molecular formula is C26H28N4O2. The van der Waals surface area contributed by atoms with Crippen LogP contribution in [0.3, 0.4) is 0 Å². The number of guanidine groups is 1. The van der Waals surface area contributed by atoms with Crippen molar-refractivity contribution < 1.29 is 9.53 Å². The Labute approximate surface area is 188 Å². The van der Waals surface area contributed by atoms with Gasteiger partial charge in [0.15, 0.2) is 11.5 Å². The van der Waals surface area contributed by atoms with Crippen LogP contribution in [0.4, 0.5) is 0 Å². The summed E-state index contributed by atoms with van der Waals surface area (Å²) in [4.78, 5) is 15.5. The number of benzene rings is 2. The van der Waals surface area contributed by atoms with Gasteiger partial charge in [-0.3, -0.25) is 15.5 Å². The number of amides is 1. The molecule has 6 nitrogen and oxygen atoms in total. The lowest BCUT2D eigenvalue weighted by Crippen LogP contribution is -2.54. The minimum atomic E-state index is -0.773. The van der Waals surface area contributed by atoms with Gasteiger partial charge in [-0.25, -0.2) is 0 Å². The zero-order valence-electron chi connectivity index (χ0n) is 18.1. The Bertz CT molecular complexity index is 1050.